The lowest BCUT2D eigenvalue weighted by Gasteiger charge is -2.26. The van der Waals surface area contributed by atoms with Gasteiger partial charge < -0.3 is 18.9 Å². The maximum Gasteiger partial charge on any atom is 0.338 e. The molecule has 0 radical (unpaired) electrons. The van der Waals surface area contributed by atoms with Crippen LogP contribution in [0.4, 0.5) is 0 Å². The second-order valence-corrected chi connectivity index (χ2v) is 9.13. The molecular formula is C28H30N2O6S. The van der Waals surface area contributed by atoms with Crippen LogP contribution in [0.5, 0.6) is 17.2 Å². The zero-order valence-electron chi connectivity index (χ0n) is 21.6. The van der Waals surface area contributed by atoms with Gasteiger partial charge in [0.25, 0.3) is 5.56 Å². The van der Waals surface area contributed by atoms with Crippen LogP contribution in [-0.4, -0.2) is 37.5 Å². The molecular weight excluding hydrogens is 492 g/mol. The van der Waals surface area contributed by atoms with Crippen molar-refractivity contribution in [2.45, 2.75) is 33.7 Å². The number of ether oxygens (including phenoxy) is 4. The molecule has 2 aromatic carbocycles. The summed E-state index contributed by atoms with van der Waals surface area (Å²) in [6.45, 7) is 8.46. The highest BCUT2D eigenvalue weighted by molar-refractivity contribution is 7.07. The van der Waals surface area contributed by atoms with E-state index in [2.05, 4.69) is 4.99 Å². The number of thiazole rings is 1. The number of hydrogen-bond donors (Lipinski definition) is 0. The van der Waals surface area contributed by atoms with Crippen molar-refractivity contribution >= 4 is 23.4 Å². The Morgan fingerprint density at radius 2 is 1.76 bits per heavy atom. The fourth-order valence-corrected chi connectivity index (χ4v) is 5.33. The molecule has 0 bridgehead atoms. The highest BCUT2D eigenvalue weighted by atomic mass is 32.1. The van der Waals surface area contributed by atoms with E-state index in [4.69, 9.17) is 18.9 Å². The van der Waals surface area contributed by atoms with Crippen molar-refractivity contribution in [1.82, 2.24) is 4.57 Å². The van der Waals surface area contributed by atoms with E-state index >= 15 is 0 Å². The minimum absolute atomic E-state index is 0.208. The third-order valence-corrected chi connectivity index (χ3v) is 6.80. The first kappa shape index (κ1) is 26.2. The molecule has 1 aromatic heterocycles. The van der Waals surface area contributed by atoms with Gasteiger partial charge in [0, 0.05) is 5.56 Å². The topological polar surface area (TPSA) is 88.4 Å². The number of hydrogen-bond acceptors (Lipinski definition) is 8. The van der Waals surface area contributed by atoms with Gasteiger partial charge in [-0.15, -0.1) is 0 Å². The van der Waals surface area contributed by atoms with E-state index in [0.717, 1.165) is 5.56 Å². The Labute approximate surface area is 219 Å². The Morgan fingerprint density at radius 1 is 1.03 bits per heavy atom. The van der Waals surface area contributed by atoms with Crippen LogP contribution in [0.1, 0.15) is 44.9 Å². The zero-order chi connectivity index (χ0) is 26.5. The highest BCUT2D eigenvalue weighted by Gasteiger charge is 2.35. The van der Waals surface area contributed by atoms with Gasteiger partial charge >= 0.3 is 5.97 Å². The number of nitrogens with zero attached hydrogens (tertiary/aromatic N) is 2. The molecule has 3 aromatic rings. The summed E-state index contributed by atoms with van der Waals surface area (Å²) in [4.78, 5) is 32.1. The number of methoxy groups -OCH3 is 1. The van der Waals surface area contributed by atoms with Gasteiger partial charge in [-0.2, -0.15) is 0 Å². The third-order valence-electron chi connectivity index (χ3n) is 5.82. The van der Waals surface area contributed by atoms with Crippen LogP contribution >= 0.6 is 11.3 Å². The van der Waals surface area contributed by atoms with E-state index in [1.807, 2.05) is 56.3 Å². The van der Waals surface area contributed by atoms with E-state index in [-0.39, 0.29) is 12.2 Å². The van der Waals surface area contributed by atoms with Crippen molar-refractivity contribution in [3.8, 4) is 17.2 Å². The molecule has 0 aliphatic carbocycles. The number of para-hydroxylation sites is 1. The molecule has 0 spiro atoms. The first-order valence-corrected chi connectivity index (χ1v) is 13.0. The molecule has 194 valence electrons. The number of carbonyl (C=O) groups is 1. The molecule has 8 nitrogen and oxygen atoms in total. The van der Waals surface area contributed by atoms with Crippen molar-refractivity contribution in [3.05, 3.63) is 84.5 Å². The van der Waals surface area contributed by atoms with Gasteiger partial charge in [0.1, 0.15) is 11.8 Å². The molecule has 2 heterocycles. The minimum Gasteiger partial charge on any atom is -0.494 e. The molecule has 0 amide bonds. The van der Waals surface area contributed by atoms with Gasteiger partial charge in [-0.1, -0.05) is 35.6 Å². The van der Waals surface area contributed by atoms with Crippen molar-refractivity contribution in [3.63, 3.8) is 0 Å². The maximum atomic E-state index is 13.8. The van der Waals surface area contributed by atoms with Gasteiger partial charge in [-0.25, -0.2) is 9.79 Å². The van der Waals surface area contributed by atoms with Crippen LogP contribution in [0.15, 0.2) is 63.5 Å². The predicted molar refractivity (Wildman–Crippen MR) is 142 cm³/mol. The number of aromatic nitrogens is 1. The predicted octanol–water partition coefficient (Wildman–Crippen LogP) is 3.60. The van der Waals surface area contributed by atoms with Gasteiger partial charge in [-0.3, -0.25) is 9.36 Å². The Balaban J connectivity index is 1.93. The third kappa shape index (κ3) is 5.17. The lowest BCUT2D eigenvalue weighted by Crippen LogP contribution is -2.40. The van der Waals surface area contributed by atoms with Gasteiger partial charge in [0.15, 0.2) is 16.3 Å². The van der Waals surface area contributed by atoms with Crippen molar-refractivity contribution in [2.75, 3.05) is 26.9 Å². The largest absolute Gasteiger partial charge is 0.494 e. The van der Waals surface area contributed by atoms with E-state index in [1.165, 1.54) is 11.3 Å². The fraction of sp³-hybridized carbons (Fsp3) is 0.321. The molecule has 0 N–H and O–H groups in total. The Hall–Kier alpha value is -3.85. The molecule has 1 aliphatic heterocycles. The highest BCUT2D eigenvalue weighted by Crippen LogP contribution is 2.36. The normalized spacial score (nSPS) is 15.2. The molecule has 4 rings (SSSR count). The van der Waals surface area contributed by atoms with Crippen LogP contribution in [-0.2, 0) is 9.53 Å². The van der Waals surface area contributed by atoms with Crippen LogP contribution in [0.3, 0.4) is 0 Å². The number of allylic oxidation sites excluding steroid dienone is 1. The van der Waals surface area contributed by atoms with E-state index in [1.54, 1.807) is 31.6 Å². The summed E-state index contributed by atoms with van der Waals surface area (Å²) in [5.41, 5.74) is 2.03. The van der Waals surface area contributed by atoms with E-state index < -0.39 is 12.0 Å². The first-order chi connectivity index (χ1) is 17.9. The maximum absolute atomic E-state index is 13.8. The summed E-state index contributed by atoms with van der Waals surface area (Å²) >= 11 is 1.26. The summed E-state index contributed by atoms with van der Waals surface area (Å²) < 4.78 is 24.3. The molecule has 0 saturated heterocycles. The molecule has 37 heavy (non-hydrogen) atoms. The first-order valence-electron chi connectivity index (χ1n) is 12.2. The van der Waals surface area contributed by atoms with Crippen molar-refractivity contribution in [1.29, 1.82) is 0 Å². The summed E-state index contributed by atoms with van der Waals surface area (Å²) in [6.07, 6.45) is 1.79. The summed E-state index contributed by atoms with van der Waals surface area (Å²) in [5, 5.41) is 0. The van der Waals surface area contributed by atoms with Gasteiger partial charge in [0.2, 0.25) is 0 Å². The van der Waals surface area contributed by atoms with Gasteiger partial charge in [0.05, 0.1) is 42.7 Å². The lowest BCUT2D eigenvalue weighted by molar-refractivity contribution is -0.139. The number of rotatable bonds is 9. The quantitative estimate of drug-likeness (QED) is 0.399. The summed E-state index contributed by atoms with van der Waals surface area (Å²) in [6, 6.07) is 12.2. The fourth-order valence-electron chi connectivity index (χ4n) is 4.28. The molecule has 1 aliphatic rings. The van der Waals surface area contributed by atoms with E-state index in [0.29, 0.717) is 56.6 Å². The number of carbonyl (C=O) groups excluding carboxylic acids is 1. The second kappa shape index (κ2) is 11.5. The van der Waals surface area contributed by atoms with Crippen molar-refractivity contribution < 1.29 is 23.7 Å². The average Bonchev–Trinajstić information content (AvgIpc) is 3.19. The standard InChI is InChI=1S/C28H30N2O6S/c1-6-34-20-12-10-9-11-19(20)25-24(27(32)36-8-3)17(4)29-28-30(25)26(31)23(37-28)16-18-13-14-21(35-7-2)22(15-18)33-5/h9-16,25H,6-8H2,1-5H3/b23-16-/t25-/m0/s1. The lowest BCUT2D eigenvalue weighted by atomic mass is 9.95. The van der Waals surface area contributed by atoms with Crippen LogP contribution in [0, 0.1) is 0 Å². The number of fused-ring (bicyclic) bond motifs is 1. The smallest absolute Gasteiger partial charge is 0.338 e. The average molecular weight is 523 g/mol. The van der Waals surface area contributed by atoms with Crippen molar-refractivity contribution in [2.24, 2.45) is 4.99 Å². The second-order valence-electron chi connectivity index (χ2n) is 8.12. The van der Waals surface area contributed by atoms with E-state index in [9.17, 15) is 9.59 Å². The Bertz CT molecular complexity index is 1520. The Morgan fingerprint density at radius 3 is 2.46 bits per heavy atom. The Kier molecular flexibility index (Phi) is 8.13. The summed E-state index contributed by atoms with van der Waals surface area (Å²) in [7, 11) is 1.57. The minimum atomic E-state index is -0.741. The molecule has 9 heteroatoms. The molecule has 0 saturated carbocycles. The molecule has 0 unspecified atom stereocenters. The number of benzene rings is 2. The van der Waals surface area contributed by atoms with Crippen LogP contribution in [0.2, 0.25) is 0 Å². The summed E-state index contributed by atoms with van der Waals surface area (Å²) in [5.74, 6) is 1.29. The SMILES string of the molecule is CCOC(=O)C1=C(C)N=c2s/c(=C\c3ccc(OCC)c(OC)c3)c(=O)n2[C@H]1c1ccccc1OCC. The zero-order valence-corrected chi connectivity index (χ0v) is 22.4. The van der Waals surface area contributed by atoms with Crippen LogP contribution in [0.25, 0.3) is 6.08 Å². The molecule has 0 fully saturated rings. The monoisotopic (exact) mass is 522 g/mol. The number of esters is 1. The van der Waals surface area contributed by atoms with Gasteiger partial charge in [-0.05, 0) is 57.5 Å². The molecule has 1 atom stereocenters. The van der Waals surface area contributed by atoms with Crippen LogP contribution < -0.4 is 29.1 Å².